The van der Waals surface area contributed by atoms with Gasteiger partial charge in [-0.15, -0.1) is 0 Å². The van der Waals surface area contributed by atoms with Gasteiger partial charge in [-0.1, -0.05) is 48.9 Å². The summed E-state index contributed by atoms with van der Waals surface area (Å²) < 4.78 is 5.38. The van der Waals surface area contributed by atoms with E-state index in [-0.39, 0.29) is 5.97 Å². The van der Waals surface area contributed by atoms with E-state index in [0.29, 0.717) is 5.92 Å². The molecule has 0 spiro atoms. The number of rotatable bonds is 3. The van der Waals surface area contributed by atoms with Gasteiger partial charge in [-0.25, -0.2) is 4.79 Å². The number of benzene rings is 1. The molecule has 1 aliphatic rings. The molecule has 0 fully saturated rings. The standard InChI is InChI=1S/C18H20O2/c1-14-7-9-16(10-8-14)11-12-18(19)20-17-6-4-3-5-15(2)13-17/h3,5,7-13,15H,4,6H2,1-2H3/b12-11+. The molecule has 1 aliphatic carbocycles. The first kappa shape index (κ1) is 14.3. The van der Waals surface area contributed by atoms with E-state index >= 15 is 0 Å². The third kappa shape index (κ3) is 4.54. The van der Waals surface area contributed by atoms with Crippen LogP contribution < -0.4 is 0 Å². The highest BCUT2D eigenvalue weighted by atomic mass is 16.5. The molecule has 0 saturated heterocycles. The third-order valence-electron chi connectivity index (χ3n) is 3.17. The van der Waals surface area contributed by atoms with E-state index in [1.54, 1.807) is 6.08 Å². The minimum Gasteiger partial charge on any atom is -0.428 e. The van der Waals surface area contributed by atoms with Crippen LogP contribution in [0.5, 0.6) is 0 Å². The Morgan fingerprint density at radius 1 is 1.30 bits per heavy atom. The minimum absolute atomic E-state index is 0.314. The Labute approximate surface area is 120 Å². The fraction of sp³-hybridized carbons (Fsp3) is 0.278. The Morgan fingerprint density at radius 2 is 2.05 bits per heavy atom. The number of carbonyl (C=O) groups excluding carboxylic acids is 1. The Balaban J connectivity index is 1.93. The maximum absolute atomic E-state index is 11.8. The lowest BCUT2D eigenvalue weighted by molar-refractivity contribution is -0.133. The minimum atomic E-state index is -0.314. The largest absolute Gasteiger partial charge is 0.428 e. The van der Waals surface area contributed by atoms with Gasteiger partial charge < -0.3 is 4.74 Å². The Bertz CT molecular complexity index is 547. The van der Waals surface area contributed by atoms with E-state index in [1.165, 1.54) is 11.6 Å². The first-order chi connectivity index (χ1) is 9.63. The predicted octanol–water partition coefficient (Wildman–Crippen LogP) is 4.42. The predicted molar refractivity (Wildman–Crippen MR) is 81.9 cm³/mol. The van der Waals surface area contributed by atoms with Gasteiger partial charge in [0.15, 0.2) is 0 Å². The molecule has 1 aromatic carbocycles. The molecule has 1 aromatic rings. The van der Waals surface area contributed by atoms with Gasteiger partial charge in [0.25, 0.3) is 0 Å². The van der Waals surface area contributed by atoms with Crippen LogP contribution in [-0.2, 0) is 9.53 Å². The molecule has 104 valence electrons. The van der Waals surface area contributed by atoms with Gasteiger partial charge in [0, 0.05) is 12.5 Å². The van der Waals surface area contributed by atoms with Crippen LogP contribution in [0.4, 0.5) is 0 Å². The highest BCUT2D eigenvalue weighted by Gasteiger charge is 2.07. The average molecular weight is 268 g/mol. The molecule has 0 bridgehead atoms. The van der Waals surface area contributed by atoms with Crippen molar-refractivity contribution in [1.82, 2.24) is 0 Å². The fourth-order valence-electron chi connectivity index (χ4n) is 2.06. The Morgan fingerprint density at radius 3 is 2.80 bits per heavy atom. The first-order valence-electron chi connectivity index (χ1n) is 6.97. The molecule has 0 aliphatic heterocycles. The monoisotopic (exact) mass is 268 g/mol. The first-order valence-corrected chi connectivity index (χ1v) is 6.97. The molecule has 20 heavy (non-hydrogen) atoms. The third-order valence-corrected chi connectivity index (χ3v) is 3.17. The number of hydrogen-bond donors (Lipinski definition) is 0. The summed E-state index contributed by atoms with van der Waals surface area (Å²) in [5.74, 6) is 0.772. The summed E-state index contributed by atoms with van der Waals surface area (Å²) in [5, 5.41) is 0. The maximum atomic E-state index is 11.8. The zero-order valence-electron chi connectivity index (χ0n) is 12.0. The molecule has 0 radical (unpaired) electrons. The van der Waals surface area contributed by atoms with Crippen molar-refractivity contribution in [2.45, 2.75) is 26.7 Å². The van der Waals surface area contributed by atoms with Crippen molar-refractivity contribution < 1.29 is 9.53 Å². The van der Waals surface area contributed by atoms with E-state index in [0.717, 1.165) is 24.2 Å². The van der Waals surface area contributed by atoms with Crippen LogP contribution >= 0.6 is 0 Å². The SMILES string of the molecule is Cc1ccc(/C=C/C(=O)OC2=CC(C)C=CCC2)cc1. The zero-order valence-corrected chi connectivity index (χ0v) is 12.0. The molecule has 2 heteroatoms. The summed E-state index contributed by atoms with van der Waals surface area (Å²) in [6, 6.07) is 8.00. The van der Waals surface area contributed by atoms with E-state index < -0.39 is 0 Å². The molecular weight excluding hydrogens is 248 g/mol. The lowest BCUT2D eigenvalue weighted by Gasteiger charge is -2.05. The summed E-state index contributed by atoms with van der Waals surface area (Å²) >= 11 is 0. The lowest BCUT2D eigenvalue weighted by Crippen LogP contribution is -2.01. The van der Waals surface area contributed by atoms with Crippen LogP contribution in [0.1, 0.15) is 30.9 Å². The molecule has 1 atom stereocenters. The van der Waals surface area contributed by atoms with Crippen LogP contribution in [-0.4, -0.2) is 5.97 Å². The van der Waals surface area contributed by atoms with Crippen molar-refractivity contribution in [3.63, 3.8) is 0 Å². The second-order valence-corrected chi connectivity index (χ2v) is 5.12. The normalized spacial score (nSPS) is 18.7. The maximum Gasteiger partial charge on any atom is 0.335 e. The molecule has 1 unspecified atom stereocenters. The van der Waals surface area contributed by atoms with Crippen molar-refractivity contribution >= 4 is 12.0 Å². The van der Waals surface area contributed by atoms with Crippen molar-refractivity contribution in [2.75, 3.05) is 0 Å². The van der Waals surface area contributed by atoms with E-state index in [4.69, 9.17) is 4.74 Å². The molecule has 2 rings (SSSR count). The van der Waals surface area contributed by atoms with Gasteiger partial charge in [-0.2, -0.15) is 0 Å². The number of esters is 1. The molecule has 2 nitrogen and oxygen atoms in total. The van der Waals surface area contributed by atoms with Crippen LogP contribution in [0.25, 0.3) is 6.08 Å². The number of ether oxygens (including phenoxy) is 1. The van der Waals surface area contributed by atoms with E-state index in [2.05, 4.69) is 19.1 Å². The second-order valence-electron chi connectivity index (χ2n) is 5.12. The molecule has 0 amide bonds. The van der Waals surface area contributed by atoms with Gasteiger partial charge in [0.2, 0.25) is 0 Å². The van der Waals surface area contributed by atoms with Crippen molar-refractivity contribution in [3.05, 3.63) is 65.5 Å². The topological polar surface area (TPSA) is 26.3 Å². The van der Waals surface area contributed by atoms with Gasteiger partial charge >= 0.3 is 5.97 Å². The highest BCUT2D eigenvalue weighted by Crippen LogP contribution is 2.17. The lowest BCUT2D eigenvalue weighted by atomic mass is 10.1. The molecular formula is C18H20O2. The number of allylic oxidation sites excluding steroid dienone is 4. The Kier molecular flexibility index (Phi) is 4.94. The molecule has 0 saturated carbocycles. The van der Waals surface area contributed by atoms with E-state index in [9.17, 15) is 4.79 Å². The summed E-state index contributed by atoms with van der Waals surface area (Å²) in [7, 11) is 0. The van der Waals surface area contributed by atoms with Crippen molar-refractivity contribution in [1.29, 1.82) is 0 Å². The second kappa shape index (κ2) is 6.90. The number of hydrogen-bond acceptors (Lipinski definition) is 2. The molecule has 0 N–H and O–H groups in total. The van der Waals surface area contributed by atoms with Gasteiger partial charge in [-0.05, 0) is 37.0 Å². The van der Waals surface area contributed by atoms with Crippen molar-refractivity contribution in [2.24, 2.45) is 5.92 Å². The smallest absolute Gasteiger partial charge is 0.335 e. The number of aryl methyl sites for hydroxylation is 1. The molecule has 0 heterocycles. The van der Waals surface area contributed by atoms with Gasteiger partial charge in [-0.3, -0.25) is 0 Å². The van der Waals surface area contributed by atoms with Crippen LogP contribution in [0, 0.1) is 12.8 Å². The van der Waals surface area contributed by atoms with Crippen molar-refractivity contribution in [3.8, 4) is 0 Å². The van der Waals surface area contributed by atoms with Crippen LogP contribution in [0.15, 0.2) is 54.3 Å². The highest BCUT2D eigenvalue weighted by molar-refractivity contribution is 5.87. The van der Waals surface area contributed by atoms with E-state index in [1.807, 2.05) is 37.3 Å². The zero-order chi connectivity index (χ0) is 14.4. The van der Waals surface area contributed by atoms with Crippen LogP contribution in [0.2, 0.25) is 0 Å². The summed E-state index contributed by atoms with van der Waals surface area (Å²) in [6.45, 7) is 4.12. The number of carbonyl (C=O) groups is 1. The quantitative estimate of drug-likeness (QED) is 0.461. The van der Waals surface area contributed by atoms with Crippen LogP contribution in [0.3, 0.4) is 0 Å². The summed E-state index contributed by atoms with van der Waals surface area (Å²) in [5.41, 5.74) is 2.20. The fourth-order valence-corrected chi connectivity index (χ4v) is 2.06. The average Bonchev–Trinajstić information content (AvgIpc) is 2.62. The summed E-state index contributed by atoms with van der Waals surface area (Å²) in [6.07, 6.45) is 11.2. The van der Waals surface area contributed by atoms with Gasteiger partial charge in [0.05, 0.1) is 0 Å². The summed E-state index contributed by atoms with van der Waals surface area (Å²) in [4.78, 5) is 11.8. The van der Waals surface area contributed by atoms with Gasteiger partial charge in [0.1, 0.15) is 5.76 Å². The molecule has 0 aromatic heterocycles. The Hall–Kier alpha value is -2.09.